The highest BCUT2D eigenvalue weighted by Gasteiger charge is 2.45. The fraction of sp³-hybridized carbons (Fsp3) is 0.860. The second-order valence-electron chi connectivity index (χ2n) is 16.1. The van der Waals surface area contributed by atoms with Crippen molar-refractivity contribution in [3.8, 4) is 0 Å². The Morgan fingerprint density at radius 3 is 1.55 bits per heavy atom. The third-order valence-corrected chi connectivity index (χ3v) is 11.7. The van der Waals surface area contributed by atoms with Crippen molar-refractivity contribution in [1.29, 1.82) is 0 Å². The summed E-state index contributed by atoms with van der Waals surface area (Å²) in [7, 11) is 0. The highest BCUT2D eigenvalue weighted by atomic mass is 16.7. The lowest BCUT2D eigenvalue weighted by Crippen LogP contribution is -2.49. The lowest BCUT2D eigenvalue weighted by molar-refractivity contribution is -0.260. The van der Waals surface area contributed by atoms with E-state index in [1.54, 1.807) is 13.8 Å². The molecule has 0 aliphatic carbocycles. The molecular weight excluding hydrogens is 724 g/mol. The number of rotatable bonds is 27. The average molecular weight is 797 g/mol. The number of ketones is 4. The summed E-state index contributed by atoms with van der Waals surface area (Å²) >= 11 is 0. The molecule has 0 aromatic heterocycles. The van der Waals surface area contributed by atoms with Gasteiger partial charge in [-0.25, -0.2) is 0 Å². The van der Waals surface area contributed by atoms with Gasteiger partial charge in [-0.2, -0.15) is 0 Å². The Labute approximate surface area is 334 Å². The molecule has 2 N–H and O–H groups in total. The van der Waals surface area contributed by atoms with E-state index >= 15 is 0 Å². The molecule has 2 heterocycles. The fourth-order valence-corrected chi connectivity index (χ4v) is 7.76. The lowest BCUT2D eigenvalue weighted by Gasteiger charge is -2.45. The summed E-state index contributed by atoms with van der Waals surface area (Å²) in [5.41, 5.74) is 0. The van der Waals surface area contributed by atoms with Gasteiger partial charge >= 0.3 is 11.9 Å². The number of Topliss-reactive ketones (excluding diaryl/α,β-unsaturated/α-hetero) is 4. The maximum absolute atomic E-state index is 13.7. The largest absolute Gasteiger partial charge is 0.462 e. The lowest BCUT2D eigenvalue weighted by atomic mass is 9.72. The molecule has 13 heteroatoms. The van der Waals surface area contributed by atoms with Crippen LogP contribution >= 0.6 is 0 Å². The first-order valence-corrected chi connectivity index (χ1v) is 21.3. The Balaban J connectivity index is 2.31. The Hall–Kier alpha value is -2.58. The van der Waals surface area contributed by atoms with Crippen LogP contribution < -0.4 is 0 Å². The summed E-state index contributed by atoms with van der Waals surface area (Å²) in [6, 6.07) is 0. The maximum Gasteiger partial charge on any atom is 0.305 e. The van der Waals surface area contributed by atoms with E-state index in [2.05, 4.69) is 0 Å². The second-order valence-corrected chi connectivity index (χ2v) is 16.1. The van der Waals surface area contributed by atoms with Crippen LogP contribution in [0.5, 0.6) is 0 Å². The molecule has 12 unspecified atom stereocenters. The van der Waals surface area contributed by atoms with Gasteiger partial charge in [-0.05, 0) is 62.7 Å². The minimum Gasteiger partial charge on any atom is -0.462 e. The van der Waals surface area contributed by atoms with Crippen LogP contribution in [0, 0.1) is 29.6 Å². The highest BCUT2D eigenvalue weighted by Crippen LogP contribution is 2.41. The maximum atomic E-state index is 13.7. The first-order chi connectivity index (χ1) is 26.6. The number of carbonyl (C=O) groups is 6. The fourth-order valence-electron chi connectivity index (χ4n) is 7.76. The summed E-state index contributed by atoms with van der Waals surface area (Å²) in [5.74, 6) is -2.59. The van der Waals surface area contributed by atoms with E-state index in [1.165, 1.54) is 0 Å². The molecule has 2 fully saturated rings. The van der Waals surface area contributed by atoms with E-state index < -0.39 is 42.7 Å². The first kappa shape index (κ1) is 49.6. The molecule has 0 bridgehead atoms. The van der Waals surface area contributed by atoms with Gasteiger partial charge in [0, 0.05) is 70.1 Å². The van der Waals surface area contributed by atoms with Crippen LogP contribution in [-0.4, -0.2) is 101 Å². The van der Waals surface area contributed by atoms with E-state index in [9.17, 15) is 39.0 Å². The van der Waals surface area contributed by atoms with Crippen LogP contribution in [0.2, 0.25) is 0 Å². The smallest absolute Gasteiger partial charge is 0.305 e. The van der Waals surface area contributed by atoms with Crippen molar-refractivity contribution in [1.82, 2.24) is 0 Å². The van der Waals surface area contributed by atoms with Crippen LogP contribution in [0.4, 0.5) is 0 Å². The van der Waals surface area contributed by atoms with Crippen molar-refractivity contribution in [2.24, 2.45) is 29.6 Å². The first-order valence-electron chi connectivity index (χ1n) is 21.3. The molecule has 322 valence electrons. The molecule has 12 atom stereocenters. The predicted molar refractivity (Wildman–Crippen MR) is 208 cm³/mol. The van der Waals surface area contributed by atoms with E-state index in [0.717, 1.165) is 0 Å². The second kappa shape index (κ2) is 25.7. The van der Waals surface area contributed by atoms with Gasteiger partial charge in [0.2, 0.25) is 0 Å². The minimum absolute atomic E-state index is 0.0184. The molecule has 0 spiro atoms. The Bertz CT molecular complexity index is 1250. The monoisotopic (exact) mass is 796 g/mol. The number of aliphatic hydroxyl groups is 2. The van der Waals surface area contributed by atoms with Crippen molar-refractivity contribution in [2.75, 3.05) is 13.2 Å². The van der Waals surface area contributed by atoms with Crippen LogP contribution in [0.15, 0.2) is 0 Å². The zero-order chi connectivity index (χ0) is 41.9. The summed E-state index contributed by atoms with van der Waals surface area (Å²) < 4.78 is 30.1. The van der Waals surface area contributed by atoms with E-state index in [-0.39, 0.29) is 142 Å². The Morgan fingerprint density at radius 2 is 1.09 bits per heavy atom. The third kappa shape index (κ3) is 17.1. The Morgan fingerprint density at radius 1 is 0.625 bits per heavy atom. The van der Waals surface area contributed by atoms with Crippen LogP contribution in [-0.2, 0) is 52.5 Å². The Kier molecular flexibility index (Phi) is 22.8. The quantitative estimate of drug-likeness (QED) is 0.0917. The molecule has 2 aliphatic heterocycles. The predicted octanol–water partition coefficient (Wildman–Crippen LogP) is 6.04. The number of hydrogen-bond acceptors (Lipinski definition) is 13. The highest BCUT2D eigenvalue weighted by molar-refractivity contribution is 5.82. The molecule has 0 saturated carbocycles. The number of ether oxygens (including phenoxy) is 5. The van der Waals surface area contributed by atoms with Crippen molar-refractivity contribution in [3.63, 3.8) is 0 Å². The summed E-state index contributed by atoms with van der Waals surface area (Å²) in [6.45, 7) is 14.9. The molecule has 13 nitrogen and oxygen atoms in total. The van der Waals surface area contributed by atoms with Gasteiger partial charge in [-0.15, -0.1) is 0 Å². The van der Waals surface area contributed by atoms with Crippen molar-refractivity contribution in [2.45, 2.75) is 195 Å². The number of esters is 2. The SMILES string of the molecule is CCC(=O)OC(CC)CC(=O)CC1C(OCC2CC(CC(=O)CC(O)CC)C(CC(=O)CC(O)CC)CO2)OC(C)C(C)C1CC(=O)CC(CC)OC(=O)CC. The van der Waals surface area contributed by atoms with Gasteiger partial charge in [-0.1, -0.05) is 48.5 Å². The van der Waals surface area contributed by atoms with E-state index in [4.69, 9.17) is 23.7 Å². The summed E-state index contributed by atoms with van der Waals surface area (Å²) in [4.78, 5) is 77.2. The summed E-state index contributed by atoms with van der Waals surface area (Å²) in [5, 5.41) is 20.2. The van der Waals surface area contributed by atoms with Crippen molar-refractivity contribution >= 4 is 35.1 Å². The molecular formula is C43H72O13. The number of carbonyl (C=O) groups excluding carboxylic acids is 6. The van der Waals surface area contributed by atoms with Gasteiger partial charge in [0.25, 0.3) is 0 Å². The third-order valence-electron chi connectivity index (χ3n) is 11.7. The molecule has 2 aliphatic rings. The van der Waals surface area contributed by atoms with Gasteiger partial charge in [0.05, 0.1) is 37.6 Å². The standard InChI is InChI=1S/C43H72O13/c1-9-30(44)18-32(46)15-28-17-38(52-24-29(28)16-33(47)19-31(45)10-2)25-53-43-40(23-35(49)21-37(12-4)56-42(51)14-6)39(26(7)27(8)54-43)22-34(48)20-36(11-3)55-41(50)13-5/h26-31,36-40,43-45H,9-25H2,1-8H3. The van der Waals surface area contributed by atoms with Gasteiger partial charge < -0.3 is 33.9 Å². The van der Waals surface area contributed by atoms with Crippen LogP contribution in [0.3, 0.4) is 0 Å². The average Bonchev–Trinajstić information content (AvgIpc) is 3.16. The van der Waals surface area contributed by atoms with Gasteiger partial charge in [0.15, 0.2) is 6.29 Å². The van der Waals surface area contributed by atoms with Crippen molar-refractivity contribution < 1.29 is 62.7 Å². The normalized spacial score (nSPS) is 27.4. The molecule has 0 amide bonds. The molecule has 56 heavy (non-hydrogen) atoms. The molecule has 0 aromatic rings. The van der Waals surface area contributed by atoms with Gasteiger partial charge in [-0.3, -0.25) is 28.8 Å². The van der Waals surface area contributed by atoms with Crippen molar-refractivity contribution in [3.05, 3.63) is 0 Å². The topological polar surface area (TPSA) is 189 Å². The molecule has 0 radical (unpaired) electrons. The van der Waals surface area contributed by atoms with Gasteiger partial charge in [0.1, 0.15) is 35.3 Å². The number of hydrogen-bond donors (Lipinski definition) is 2. The molecule has 2 rings (SSSR count). The van der Waals surface area contributed by atoms with E-state index in [0.29, 0.717) is 32.1 Å². The van der Waals surface area contributed by atoms with Crippen LogP contribution in [0.1, 0.15) is 152 Å². The minimum atomic E-state index is -0.876. The summed E-state index contributed by atoms with van der Waals surface area (Å²) in [6.07, 6.45) is -0.893. The molecule has 0 aromatic carbocycles. The zero-order valence-electron chi connectivity index (χ0n) is 35.3. The van der Waals surface area contributed by atoms with Crippen LogP contribution in [0.25, 0.3) is 0 Å². The zero-order valence-corrected chi connectivity index (χ0v) is 35.3. The van der Waals surface area contributed by atoms with E-state index in [1.807, 2.05) is 41.5 Å². The molecule has 2 saturated heterocycles. The number of aliphatic hydroxyl groups excluding tert-OH is 2.